The van der Waals surface area contributed by atoms with Crippen molar-refractivity contribution in [2.75, 3.05) is 0 Å². The standard InChI is InChI=1S/2C13H38O4Si5/c1-11-12-13-22(10,16-18(2)14-20(4,5)6)17-19(3)15-21(7,8)9;1-11-12-13-22(10,16-20(6,7)14-18(2)3)17-21(8,9)15-19(4)5/h2*18-19H,11-13H2,1-10H3. The van der Waals surface area contributed by atoms with Crippen molar-refractivity contribution >= 4 is 87.5 Å². The van der Waals surface area contributed by atoms with Gasteiger partial charge in [0.25, 0.3) is 18.6 Å². The summed E-state index contributed by atoms with van der Waals surface area (Å²) >= 11 is 0. The largest absolute Gasteiger partial charge is 0.440 e. The Bertz CT molecular complexity index is 716. The van der Waals surface area contributed by atoms with Crippen molar-refractivity contribution in [3.05, 3.63) is 0 Å². The molecule has 0 bridgehead atoms. The Balaban J connectivity index is 0. The summed E-state index contributed by atoms with van der Waals surface area (Å²) in [6.07, 6.45) is 4.64. The maximum Gasteiger partial charge on any atom is 0.317 e. The lowest BCUT2D eigenvalue weighted by atomic mass is 10.4. The first-order chi connectivity index (χ1) is 19.6. The predicted octanol–water partition coefficient (Wildman–Crippen LogP) is 8.59. The summed E-state index contributed by atoms with van der Waals surface area (Å²) in [4.78, 5) is 0. The van der Waals surface area contributed by atoms with Crippen molar-refractivity contribution < 1.29 is 32.9 Å². The van der Waals surface area contributed by atoms with Gasteiger partial charge in [0, 0.05) is 0 Å². The van der Waals surface area contributed by atoms with Crippen LogP contribution < -0.4 is 0 Å². The molecule has 0 spiro atoms. The lowest BCUT2D eigenvalue weighted by molar-refractivity contribution is 0.296. The van der Waals surface area contributed by atoms with Crippen molar-refractivity contribution in [2.24, 2.45) is 0 Å². The van der Waals surface area contributed by atoms with Crippen molar-refractivity contribution in [3.63, 3.8) is 0 Å². The van der Waals surface area contributed by atoms with Gasteiger partial charge in [0.1, 0.15) is 0 Å². The van der Waals surface area contributed by atoms with Gasteiger partial charge in [-0.1, -0.05) is 39.5 Å². The maximum atomic E-state index is 6.59. The van der Waals surface area contributed by atoms with Gasteiger partial charge in [0.15, 0.2) is 34.7 Å². The maximum absolute atomic E-state index is 6.59. The van der Waals surface area contributed by atoms with Crippen molar-refractivity contribution in [1.29, 1.82) is 0 Å². The van der Waals surface area contributed by atoms with E-state index in [1.54, 1.807) is 0 Å². The fourth-order valence-corrected chi connectivity index (χ4v) is 43.7. The van der Waals surface area contributed by atoms with Gasteiger partial charge in [-0.25, -0.2) is 0 Å². The summed E-state index contributed by atoms with van der Waals surface area (Å²) in [6, 6.07) is 2.07. The topological polar surface area (TPSA) is 73.8 Å². The SMILES string of the molecule is CCCC[Si](C)(O[SiH](C)O[Si](C)(C)C)O[SiH](C)O[Si](C)(C)C.CCCC[Si](C)(O[Si](C)(C)O[SiH](C)C)O[Si](C)(C)O[SiH](C)C. The third-order valence-corrected chi connectivity index (χ3v) is 39.0. The van der Waals surface area contributed by atoms with Crippen molar-refractivity contribution in [1.82, 2.24) is 0 Å². The van der Waals surface area contributed by atoms with Crippen LogP contribution in [-0.2, 0) is 32.9 Å². The van der Waals surface area contributed by atoms with Crippen LogP contribution >= 0.6 is 0 Å². The molecule has 44 heavy (non-hydrogen) atoms. The molecule has 2 unspecified atom stereocenters. The van der Waals surface area contributed by atoms with Gasteiger partial charge in [0.05, 0.1) is 0 Å². The van der Waals surface area contributed by atoms with Gasteiger partial charge >= 0.3 is 34.2 Å². The molecular weight excluding hydrogens is 721 g/mol. The molecule has 0 heterocycles. The smallest absolute Gasteiger partial charge is 0.317 e. The average Bonchev–Trinajstić information content (AvgIpc) is 2.70. The molecule has 0 saturated carbocycles. The molecule has 0 aromatic heterocycles. The van der Waals surface area contributed by atoms with E-state index in [1.165, 1.54) is 12.8 Å². The van der Waals surface area contributed by atoms with Crippen LogP contribution in [0, 0.1) is 0 Å². The number of hydrogen-bond donors (Lipinski definition) is 0. The van der Waals surface area contributed by atoms with Crippen LogP contribution in [0.1, 0.15) is 39.5 Å². The second-order valence-corrected chi connectivity index (χ2v) is 49.0. The van der Waals surface area contributed by atoms with Crippen molar-refractivity contribution in [3.8, 4) is 0 Å². The summed E-state index contributed by atoms with van der Waals surface area (Å²) in [5, 5.41) is 0. The average molecular weight is 798 g/mol. The van der Waals surface area contributed by atoms with Gasteiger partial charge < -0.3 is 32.9 Å². The molecule has 0 fully saturated rings. The highest BCUT2D eigenvalue weighted by Gasteiger charge is 2.45. The second-order valence-electron chi connectivity index (χ2n) is 15.6. The monoisotopic (exact) mass is 796 g/mol. The van der Waals surface area contributed by atoms with E-state index in [0.717, 1.165) is 24.9 Å². The van der Waals surface area contributed by atoms with Crippen LogP contribution in [0.25, 0.3) is 0 Å². The first kappa shape index (κ1) is 48.0. The highest BCUT2D eigenvalue weighted by Crippen LogP contribution is 2.28. The molecule has 0 N–H and O–H groups in total. The van der Waals surface area contributed by atoms with Crippen LogP contribution in [0.15, 0.2) is 0 Å². The molecule has 268 valence electrons. The molecule has 2 atom stereocenters. The van der Waals surface area contributed by atoms with E-state index in [9.17, 15) is 0 Å². The molecule has 0 radical (unpaired) electrons. The lowest BCUT2D eigenvalue weighted by Gasteiger charge is -2.41. The molecule has 8 nitrogen and oxygen atoms in total. The summed E-state index contributed by atoms with van der Waals surface area (Å²) < 4.78 is 50.9. The minimum absolute atomic E-state index is 1.03. The van der Waals surface area contributed by atoms with Crippen LogP contribution in [-0.4, -0.2) is 87.5 Å². The molecule has 0 aliphatic rings. The van der Waals surface area contributed by atoms with E-state index in [-0.39, 0.29) is 0 Å². The number of hydrogen-bond acceptors (Lipinski definition) is 8. The molecule has 0 aliphatic carbocycles. The van der Waals surface area contributed by atoms with E-state index in [2.05, 4.69) is 132 Å². The van der Waals surface area contributed by atoms with E-state index >= 15 is 0 Å². The molecule has 0 saturated heterocycles. The summed E-state index contributed by atoms with van der Waals surface area (Å²) in [6.45, 7) is 43.9. The quantitative estimate of drug-likeness (QED) is 0.101. The third-order valence-electron chi connectivity index (χ3n) is 5.80. The van der Waals surface area contributed by atoms with E-state index in [1.807, 2.05) is 0 Å². The Morgan fingerprint density at radius 1 is 0.409 bits per heavy atom. The molecule has 18 heteroatoms. The highest BCUT2D eigenvalue weighted by molar-refractivity contribution is 6.88. The van der Waals surface area contributed by atoms with Crippen LogP contribution in [0.2, 0.25) is 130 Å². The molecular formula is C26H76O8Si10. The van der Waals surface area contributed by atoms with E-state index < -0.39 is 87.5 Å². The van der Waals surface area contributed by atoms with Gasteiger partial charge in [-0.05, 0) is 130 Å². The Labute approximate surface area is 288 Å². The molecule has 0 amide bonds. The minimum atomic E-state index is -2.26. The number of rotatable bonds is 22. The molecule has 0 aromatic rings. The van der Waals surface area contributed by atoms with Crippen molar-refractivity contribution in [2.45, 2.75) is 169 Å². The summed E-state index contributed by atoms with van der Waals surface area (Å²) in [7, 11) is -17.2. The fourth-order valence-electron chi connectivity index (χ4n) is 5.23. The Hall–Kier alpha value is 1.85. The Kier molecular flexibility index (Phi) is 23.1. The summed E-state index contributed by atoms with van der Waals surface area (Å²) in [5.41, 5.74) is 0. The zero-order valence-corrected chi connectivity index (χ0v) is 43.4. The molecule has 0 aliphatic heterocycles. The highest BCUT2D eigenvalue weighted by atomic mass is 28.5. The van der Waals surface area contributed by atoms with E-state index in [0.29, 0.717) is 0 Å². The first-order valence-corrected chi connectivity index (χ1v) is 44.3. The lowest BCUT2D eigenvalue weighted by Crippen LogP contribution is -2.57. The van der Waals surface area contributed by atoms with Crippen LogP contribution in [0.4, 0.5) is 0 Å². The van der Waals surface area contributed by atoms with E-state index in [4.69, 9.17) is 32.9 Å². The minimum Gasteiger partial charge on any atom is -0.440 e. The zero-order chi connectivity index (χ0) is 35.2. The summed E-state index contributed by atoms with van der Waals surface area (Å²) in [5.74, 6) is 0. The predicted molar refractivity (Wildman–Crippen MR) is 217 cm³/mol. The molecule has 0 aromatic carbocycles. The normalized spacial score (nSPS) is 16.5. The first-order valence-electron chi connectivity index (χ1n) is 17.0. The Morgan fingerprint density at radius 2 is 0.705 bits per heavy atom. The van der Waals surface area contributed by atoms with Gasteiger partial charge in [0.2, 0.25) is 0 Å². The number of unbranched alkanes of at least 4 members (excludes halogenated alkanes) is 2. The van der Waals surface area contributed by atoms with Gasteiger partial charge in [-0.2, -0.15) is 0 Å². The van der Waals surface area contributed by atoms with Crippen LogP contribution in [0.3, 0.4) is 0 Å². The molecule has 0 rings (SSSR count). The zero-order valence-electron chi connectivity index (χ0n) is 32.8. The fraction of sp³-hybridized carbons (Fsp3) is 1.00. The van der Waals surface area contributed by atoms with Gasteiger partial charge in [-0.15, -0.1) is 0 Å². The van der Waals surface area contributed by atoms with Crippen LogP contribution in [0.5, 0.6) is 0 Å². The second kappa shape index (κ2) is 21.2. The van der Waals surface area contributed by atoms with Gasteiger partial charge in [-0.3, -0.25) is 0 Å². The Morgan fingerprint density at radius 3 is 0.955 bits per heavy atom. The third kappa shape index (κ3) is 27.8.